The quantitative estimate of drug-likeness (QED) is 0.127. The Morgan fingerprint density at radius 1 is 0.593 bits per heavy atom. The van der Waals surface area contributed by atoms with Gasteiger partial charge in [0, 0.05) is 42.8 Å². The number of aromatic nitrogens is 2. The van der Waals surface area contributed by atoms with Crippen LogP contribution in [0.2, 0.25) is 19.6 Å². The molecular weight excluding hydrogens is 876 g/mol. The summed E-state index contributed by atoms with van der Waals surface area (Å²) in [5.41, 5.74) is 9.39. The van der Waals surface area contributed by atoms with Crippen molar-refractivity contribution in [2.45, 2.75) is 26.6 Å². The van der Waals surface area contributed by atoms with Gasteiger partial charge in [0.1, 0.15) is 5.82 Å². The second-order valence-electron chi connectivity index (χ2n) is 14.3. The Balaban J connectivity index is 0.000000223. The summed E-state index contributed by atoms with van der Waals surface area (Å²) in [6, 6.07) is 53.1. The Bertz CT molecular complexity index is 2720. The van der Waals surface area contributed by atoms with E-state index in [0.717, 1.165) is 50.0 Å². The topological polar surface area (TPSA) is 25.8 Å². The number of thiophene rings is 1. The first-order valence-corrected chi connectivity index (χ1v) is 22.1. The van der Waals surface area contributed by atoms with Crippen molar-refractivity contribution in [2.24, 2.45) is 0 Å². The van der Waals surface area contributed by atoms with Crippen LogP contribution in [0.3, 0.4) is 0 Å². The maximum absolute atomic E-state index is 14.1. The molecule has 3 heterocycles. The molecule has 0 aliphatic rings. The first-order chi connectivity index (χ1) is 25.7. The number of benzene rings is 6. The molecule has 9 rings (SSSR count). The molecule has 9 aromatic rings. The van der Waals surface area contributed by atoms with Crippen molar-refractivity contribution in [3.63, 3.8) is 0 Å². The van der Waals surface area contributed by atoms with Crippen LogP contribution >= 0.6 is 11.3 Å². The van der Waals surface area contributed by atoms with Crippen LogP contribution in [-0.4, -0.2) is 18.0 Å². The van der Waals surface area contributed by atoms with E-state index in [9.17, 15) is 4.39 Å². The van der Waals surface area contributed by atoms with Crippen molar-refractivity contribution in [3.8, 4) is 44.8 Å². The van der Waals surface area contributed by atoms with Gasteiger partial charge in [-0.05, 0) is 78.7 Å². The van der Waals surface area contributed by atoms with Crippen molar-refractivity contribution >= 4 is 55.5 Å². The van der Waals surface area contributed by atoms with Gasteiger partial charge < -0.3 is 9.97 Å². The van der Waals surface area contributed by atoms with Crippen molar-refractivity contribution in [1.82, 2.24) is 9.97 Å². The molecule has 267 valence electrons. The molecule has 6 aromatic carbocycles. The van der Waals surface area contributed by atoms with Crippen LogP contribution in [0.5, 0.6) is 0 Å². The molecule has 2 nitrogen and oxygen atoms in total. The molecule has 6 heteroatoms. The SMILES string of the molecule is C[Si](C)(C)c1ccc(-c2[c-]cccc2)nc1.Cc1cc(-c2[c-]cc3c(c2)sc2c4ccccc4c(-c4cccc(F)c4)cc32)ncc1-c1ccccc1.[Ir]. The third kappa shape index (κ3) is 7.62. The van der Waals surface area contributed by atoms with Gasteiger partial charge in [0.2, 0.25) is 0 Å². The number of pyridine rings is 2. The smallest absolute Gasteiger partial charge is 0.123 e. The Morgan fingerprint density at radius 3 is 2.04 bits per heavy atom. The largest absolute Gasteiger partial charge is 0.305 e. The zero-order valence-corrected chi connectivity index (χ0v) is 34.7. The van der Waals surface area contributed by atoms with Crippen LogP contribution in [0.1, 0.15) is 5.56 Å². The molecule has 0 aliphatic heterocycles. The minimum absolute atomic E-state index is 0. The monoisotopic (exact) mass is 913 g/mol. The number of hydrogen-bond donors (Lipinski definition) is 0. The molecular formula is C48H37FIrN2SSi-2. The number of fused-ring (bicyclic) bond motifs is 5. The maximum atomic E-state index is 14.1. The van der Waals surface area contributed by atoms with Crippen LogP contribution < -0.4 is 5.19 Å². The van der Waals surface area contributed by atoms with Gasteiger partial charge in [0.15, 0.2) is 0 Å². The van der Waals surface area contributed by atoms with E-state index >= 15 is 0 Å². The molecule has 0 N–H and O–H groups in total. The van der Waals surface area contributed by atoms with E-state index in [1.165, 1.54) is 42.6 Å². The minimum Gasteiger partial charge on any atom is -0.305 e. The number of aryl methyl sites for hydroxylation is 1. The molecule has 0 saturated carbocycles. The minimum atomic E-state index is -1.23. The predicted molar refractivity (Wildman–Crippen MR) is 226 cm³/mol. The van der Waals surface area contributed by atoms with Crippen molar-refractivity contribution < 1.29 is 24.5 Å². The van der Waals surface area contributed by atoms with E-state index in [1.54, 1.807) is 23.5 Å². The van der Waals surface area contributed by atoms with Crippen LogP contribution in [0.4, 0.5) is 4.39 Å². The number of hydrogen-bond acceptors (Lipinski definition) is 3. The zero-order valence-electron chi connectivity index (χ0n) is 30.4. The Kier molecular flexibility index (Phi) is 10.8. The Labute approximate surface area is 334 Å². The van der Waals surface area contributed by atoms with Crippen LogP contribution in [0.25, 0.3) is 75.7 Å². The molecule has 0 fully saturated rings. The first-order valence-electron chi connectivity index (χ1n) is 17.7. The molecule has 0 saturated heterocycles. The van der Waals surface area contributed by atoms with Gasteiger partial charge in [-0.15, -0.1) is 59.7 Å². The number of nitrogens with zero attached hydrogens (tertiary/aromatic N) is 2. The average molecular weight is 913 g/mol. The Morgan fingerprint density at radius 2 is 1.33 bits per heavy atom. The molecule has 1 radical (unpaired) electrons. The van der Waals surface area contributed by atoms with Gasteiger partial charge in [-0.1, -0.05) is 116 Å². The van der Waals surface area contributed by atoms with Gasteiger partial charge in [-0.2, -0.15) is 11.3 Å². The van der Waals surface area contributed by atoms with E-state index in [1.807, 2.05) is 54.9 Å². The second-order valence-corrected chi connectivity index (χ2v) is 20.4. The van der Waals surface area contributed by atoms with E-state index in [-0.39, 0.29) is 25.9 Å². The summed E-state index contributed by atoms with van der Waals surface area (Å²) in [6.45, 7) is 9.13. The third-order valence-corrected chi connectivity index (χ3v) is 12.9. The summed E-state index contributed by atoms with van der Waals surface area (Å²) in [5.74, 6) is -0.226. The van der Waals surface area contributed by atoms with Crippen LogP contribution in [0, 0.1) is 24.9 Å². The molecule has 0 aliphatic carbocycles. The van der Waals surface area contributed by atoms with Gasteiger partial charge in [0.25, 0.3) is 0 Å². The molecule has 3 aromatic heterocycles. The van der Waals surface area contributed by atoms with Gasteiger partial charge >= 0.3 is 0 Å². The summed E-state index contributed by atoms with van der Waals surface area (Å²) in [6.07, 6.45) is 3.98. The summed E-state index contributed by atoms with van der Waals surface area (Å²) < 4.78 is 16.5. The standard InChI is InChI=1S/C34H21FNS.C14H16NSi.Ir/c1-21-16-32(36-20-31(21)22-8-3-2-4-9-22)24-14-15-27-30-19-29(23-10-7-11-25(35)17-23)26-12-5-6-13-28(26)34(30)37-33(27)18-24;1-16(2,3)13-9-10-14(15-11-13)12-7-5-4-6-8-12;/h2-13,15-20H,1H3;4-7,9-11H,1-3H3;/q2*-1;. The summed E-state index contributed by atoms with van der Waals surface area (Å²) in [7, 11) is -1.23. The fourth-order valence-corrected chi connectivity index (χ4v) is 9.03. The number of halogens is 1. The fourth-order valence-electron chi connectivity index (χ4n) is 6.75. The van der Waals surface area contributed by atoms with Gasteiger partial charge in [-0.25, -0.2) is 4.39 Å². The Hall–Kier alpha value is -5.10. The van der Waals surface area contributed by atoms with Gasteiger partial charge in [0.05, 0.1) is 8.07 Å². The van der Waals surface area contributed by atoms with E-state index < -0.39 is 8.07 Å². The van der Waals surface area contributed by atoms with Crippen LogP contribution in [-0.2, 0) is 20.1 Å². The normalized spacial score (nSPS) is 11.3. The second kappa shape index (κ2) is 15.7. The zero-order chi connectivity index (χ0) is 36.5. The fraction of sp³-hybridized carbons (Fsp3) is 0.0833. The molecule has 0 spiro atoms. The molecule has 0 amide bonds. The predicted octanol–water partition coefficient (Wildman–Crippen LogP) is 12.9. The maximum Gasteiger partial charge on any atom is 0.123 e. The average Bonchev–Trinajstić information content (AvgIpc) is 3.56. The number of rotatable bonds is 5. The van der Waals surface area contributed by atoms with E-state index in [2.05, 4.69) is 123 Å². The summed E-state index contributed by atoms with van der Waals surface area (Å²) in [5, 5.41) is 6.04. The first kappa shape index (κ1) is 37.2. The molecule has 0 unspecified atom stereocenters. The van der Waals surface area contributed by atoms with Crippen molar-refractivity contribution in [3.05, 3.63) is 175 Å². The van der Waals surface area contributed by atoms with Crippen LogP contribution in [0.15, 0.2) is 152 Å². The molecule has 0 bridgehead atoms. The summed E-state index contributed by atoms with van der Waals surface area (Å²) in [4.78, 5) is 9.32. The van der Waals surface area contributed by atoms with Crippen molar-refractivity contribution in [1.29, 1.82) is 0 Å². The van der Waals surface area contributed by atoms with Gasteiger partial charge in [-0.3, -0.25) is 0 Å². The third-order valence-electron chi connectivity index (χ3n) is 9.63. The molecule has 0 atom stereocenters. The van der Waals surface area contributed by atoms with E-state index in [4.69, 9.17) is 4.98 Å². The van der Waals surface area contributed by atoms with E-state index in [0.29, 0.717) is 0 Å². The summed E-state index contributed by atoms with van der Waals surface area (Å²) >= 11 is 1.79. The molecule has 54 heavy (non-hydrogen) atoms. The van der Waals surface area contributed by atoms with Crippen molar-refractivity contribution in [2.75, 3.05) is 0 Å².